The third-order valence-electron chi connectivity index (χ3n) is 4.66. The molecule has 2 fully saturated rings. The average Bonchev–Trinajstić information content (AvgIpc) is 2.65. The summed E-state index contributed by atoms with van der Waals surface area (Å²) in [7, 11) is 0. The molecule has 0 spiro atoms. The predicted molar refractivity (Wildman–Crippen MR) is 74.3 cm³/mol. The lowest BCUT2D eigenvalue weighted by Gasteiger charge is -2.20. The van der Waals surface area contributed by atoms with Crippen LogP contribution in [0.15, 0.2) is 0 Å². The minimum atomic E-state index is 0.821. The summed E-state index contributed by atoms with van der Waals surface area (Å²) in [5, 5.41) is 3.78. The maximum Gasteiger partial charge on any atom is 0.0107 e. The van der Waals surface area contributed by atoms with Crippen molar-refractivity contribution in [3.8, 4) is 0 Å². The molecule has 0 bridgehead atoms. The molecule has 2 rings (SSSR count). The number of hydrogen-bond donors (Lipinski definition) is 1. The van der Waals surface area contributed by atoms with Gasteiger partial charge in [0.1, 0.15) is 0 Å². The number of likely N-dealkylation sites (tertiary alicyclic amines) is 1. The van der Waals surface area contributed by atoms with Gasteiger partial charge in [0.05, 0.1) is 0 Å². The minimum Gasteiger partial charge on any atom is -0.313 e. The van der Waals surface area contributed by atoms with Crippen LogP contribution in [0.5, 0.6) is 0 Å². The van der Waals surface area contributed by atoms with Crippen LogP contribution in [-0.2, 0) is 0 Å². The largest absolute Gasteiger partial charge is 0.313 e. The molecule has 0 aromatic heterocycles. The van der Waals surface area contributed by atoms with Crippen molar-refractivity contribution in [2.45, 2.75) is 64.3 Å². The second-order valence-corrected chi connectivity index (χ2v) is 6.01. The number of nitrogens with one attached hydrogen (secondary N) is 1. The topological polar surface area (TPSA) is 15.3 Å². The molecule has 1 aliphatic carbocycles. The van der Waals surface area contributed by atoms with Crippen molar-refractivity contribution in [1.82, 2.24) is 10.2 Å². The van der Waals surface area contributed by atoms with E-state index in [4.69, 9.17) is 0 Å². The fraction of sp³-hybridized carbons (Fsp3) is 1.00. The van der Waals surface area contributed by atoms with Crippen molar-refractivity contribution < 1.29 is 0 Å². The zero-order valence-corrected chi connectivity index (χ0v) is 11.6. The summed E-state index contributed by atoms with van der Waals surface area (Å²) >= 11 is 0. The van der Waals surface area contributed by atoms with E-state index in [0.717, 1.165) is 12.0 Å². The Kier molecular flexibility index (Phi) is 5.79. The fourth-order valence-corrected chi connectivity index (χ4v) is 3.36. The van der Waals surface area contributed by atoms with E-state index in [-0.39, 0.29) is 0 Å². The Labute approximate surface area is 107 Å². The summed E-state index contributed by atoms with van der Waals surface area (Å²) < 4.78 is 0. The molecule has 0 aromatic carbocycles. The van der Waals surface area contributed by atoms with Gasteiger partial charge in [0.15, 0.2) is 0 Å². The molecule has 1 atom stereocenters. The first-order valence-electron chi connectivity index (χ1n) is 7.84. The van der Waals surface area contributed by atoms with Crippen LogP contribution < -0.4 is 5.32 Å². The first kappa shape index (κ1) is 13.4. The molecule has 100 valence electrons. The normalized spacial score (nSPS) is 28.4. The second-order valence-electron chi connectivity index (χ2n) is 6.01. The number of rotatable bonds is 5. The number of hydrogen-bond acceptors (Lipinski definition) is 2. The Hall–Kier alpha value is -0.0800. The van der Waals surface area contributed by atoms with Crippen molar-refractivity contribution in [3.63, 3.8) is 0 Å². The first-order chi connectivity index (χ1) is 8.38. The molecule has 1 aliphatic heterocycles. The lowest BCUT2D eigenvalue weighted by molar-refractivity contribution is 0.309. The lowest BCUT2D eigenvalue weighted by Crippen LogP contribution is -2.36. The quantitative estimate of drug-likeness (QED) is 0.741. The summed E-state index contributed by atoms with van der Waals surface area (Å²) in [5.74, 6) is 0.980. The molecule has 17 heavy (non-hydrogen) atoms. The van der Waals surface area contributed by atoms with Gasteiger partial charge in [0.2, 0.25) is 0 Å². The minimum absolute atomic E-state index is 0.821. The monoisotopic (exact) mass is 238 g/mol. The van der Waals surface area contributed by atoms with Crippen LogP contribution >= 0.6 is 0 Å². The van der Waals surface area contributed by atoms with Crippen LogP contribution in [0.25, 0.3) is 0 Å². The van der Waals surface area contributed by atoms with E-state index in [9.17, 15) is 0 Å². The molecule has 1 unspecified atom stereocenters. The molecule has 1 heterocycles. The van der Waals surface area contributed by atoms with Crippen LogP contribution in [-0.4, -0.2) is 37.1 Å². The van der Waals surface area contributed by atoms with E-state index in [1.165, 1.54) is 77.5 Å². The zero-order valence-electron chi connectivity index (χ0n) is 11.6. The second kappa shape index (κ2) is 7.38. The lowest BCUT2D eigenvalue weighted by atomic mass is 10.1. The summed E-state index contributed by atoms with van der Waals surface area (Å²) in [6, 6.07) is 0.821. The van der Waals surface area contributed by atoms with Crippen molar-refractivity contribution in [1.29, 1.82) is 0 Å². The van der Waals surface area contributed by atoms with Gasteiger partial charge in [0.25, 0.3) is 0 Å². The van der Waals surface area contributed by atoms with Gasteiger partial charge < -0.3 is 10.2 Å². The van der Waals surface area contributed by atoms with Gasteiger partial charge in [-0.1, -0.05) is 39.0 Å². The average molecular weight is 238 g/mol. The van der Waals surface area contributed by atoms with Crippen LogP contribution in [0.3, 0.4) is 0 Å². The third-order valence-corrected chi connectivity index (χ3v) is 4.66. The van der Waals surface area contributed by atoms with E-state index in [1.54, 1.807) is 0 Å². The summed E-state index contributed by atoms with van der Waals surface area (Å²) in [6.45, 7) is 7.50. The van der Waals surface area contributed by atoms with Crippen LogP contribution in [0.1, 0.15) is 58.3 Å². The molecular weight excluding hydrogens is 208 g/mol. The molecule has 1 saturated carbocycles. The first-order valence-corrected chi connectivity index (χ1v) is 7.84. The van der Waals surface area contributed by atoms with Gasteiger partial charge in [-0.2, -0.15) is 0 Å². The zero-order chi connectivity index (χ0) is 11.9. The Morgan fingerprint density at radius 3 is 2.47 bits per heavy atom. The van der Waals surface area contributed by atoms with Crippen molar-refractivity contribution in [2.24, 2.45) is 5.92 Å². The Morgan fingerprint density at radius 1 is 1.06 bits per heavy atom. The SMILES string of the molecule is CCC1CCN(CCNC2CCCCCC2)C1. The van der Waals surface area contributed by atoms with Crippen molar-refractivity contribution in [3.05, 3.63) is 0 Å². The Balaban J connectivity index is 1.56. The highest BCUT2D eigenvalue weighted by atomic mass is 15.2. The summed E-state index contributed by atoms with van der Waals surface area (Å²) in [6.07, 6.45) is 11.4. The molecule has 0 amide bonds. The van der Waals surface area contributed by atoms with Crippen molar-refractivity contribution >= 4 is 0 Å². The summed E-state index contributed by atoms with van der Waals surface area (Å²) in [4.78, 5) is 2.65. The smallest absolute Gasteiger partial charge is 0.0107 e. The predicted octanol–water partition coefficient (Wildman–Crippen LogP) is 3.03. The number of nitrogens with zero attached hydrogens (tertiary/aromatic N) is 1. The highest BCUT2D eigenvalue weighted by molar-refractivity contribution is 4.76. The molecule has 2 heteroatoms. The molecule has 2 aliphatic rings. The van der Waals surface area contributed by atoms with Crippen LogP contribution in [0.2, 0.25) is 0 Å². The van der Waals surface area contributed by atoms with Gasteiger partial charge in [-0.25, -0.2) is 0 Å². The summed E-state index contributed by atoms with van der Waals surface area (Å²) in [5.41, 5.74) is 0. The maximum absolute atomic E-state index is 3.78. The standard InChI is InChI=1S/C15H30N2/c1-2-14-9-11-17(13-14)12-10-16-15-7-5-3-4-6-8-15/h14-16H,2-13H2,1H3. The third kappa shape index (κ3) is 4.59. The van der Waals surface area contributed by atoms with Gasteiger partial charge in [-0.3, -0.25) is 0 Å². The molecule has 2 nitrogen and oxygen atoms in total. The highest BCUT2D eigenvalue weighted by Gasteiger charge is 2.20. The van der Waals surface area contributed by atoms with Crippen molar-refractivity contribution in [2.75, 3.05) is 26.2 Å². The van der Waals surface area contributed by atoms with Gasteiger partial charge in [0, 0.05) is 25.7 Å². The molecule has 1 saturated heterocycles. The molecular formula is C15H30N2. The highest BCUT2D eigenvalue weighted by Crippen LogP contribution is 2.19. The Morgan fingerprint density at radius 2 is 1.82 bits per heavy atom. The van der Waals surface area contributed by atoms with Crippen LogP contribution in [0, 0.1) is 5.92 Å². The maximum atomic E-state index is 3.78. The van der Waals surface area contributed by atoms with E-state index < -0.39 is 0 Å². The Bertz CT molecular complexity index is 197. The van der Waals surface area contributed by atoms with Crippen LogP contribution in [0.4, 0.5) is 0 Å². The van der Waals surface area contributed by atoms with E-state index in [2.05, 4.69) is 17.1 Å². The molecule has 0 radical (unpaired) electrons. The van der Waals surface area contributed by atoms with E-state index in [0.29, 0.717) is 0 Å². The van der Waals surface area contributed by atoms with Gasteiger partial charge in [-0.05, 0) is 31.7 Å². The van der Waals surface area contributed by atoms with Gasteiger partial charge in [-0.15, -0.1) is 0 Å². The van der Waals surface area contributed by atoms with E-state index in [1.807, 2.05) is 0 Å². The fourth-order valence-electron chi connectivity index (χ4n) is 3.36. The van der Waals surface area contributed by atoms with E-state index >= 15 is 0 Å². The van der Waals surface area contributed by atoms with Gasteiger partial charge >= 0.3 is 0 Å². The molecule has 0 aromatic rings. The molecule has 1 N–H and O–H groups in total.